The minimum absolute atomic E-state index is 0.00150. The number of carbonyl (C=O) groups excluding carboxylic acids is 1. The number of para-hydroxylation sites is 4. The van der Waals surface area contributed by atoms with Crippen molar-refractivity contribution in [3.05, 3.63) is 77.8 Å². The predicted molar refractivity (Wildman–Crippen MR) is 133 cm³/mol. The summed E-state index contributed by atoms with van der Waals surface area (Å²) >= 11 is 5.94. The standard InChI is InChI=1S/C25H25ClN2O6S/c1-2-32-22-8-4-3-7-21(22)28(35(30,31)20-13-11-18(26)12-14-20)16-25(29)27-15-19-17-33-23-9-5-6-10-24(23)34-19/h3-14,19H,2,15-17H2,1H3,(H,27,29)/t19-/m1/s1. The molecule has 0 spiro atoms. The van der Waals surface area contributed by atoms with Gasteiger partial charge in [-0.15, -0.1) is 0 Å². The van der Waals surface area contributed by atoms with Crippen LogP contribution in [-0.2, 0) is 14.8 Å². The van der Waals surface area contributed by atoms with Crippen LogP contribution >= 0.6 is 11.6 Å². The first-order valence-electron chi connectivity index (χ1n) is 11.0. The van der Waals surface area contributed by atoms with E-state index in [1.165, 1.54) is 24.3 Å². The van der Waals surface area contributed by atoms with Crippen LogP contribution in [0.1, 0.15) is 6.92 Å². The highest BCUT2D eigenvalue weighted by atomic mass is 35.5. The molecule has 1 N–H and O–H groups in total. The van der Waals surface area contributed by atoms with E-state index in [-0.39, 0.29) is 23.7 Å². The number of fused-ring (bicyclic) bond motifs is 1. The summed E-state index contributed by atoms with van der Waals surface area (Å²) in [4.78, 5) is 12.9. The summed E-state index contributed by atoms with van der Waals surface area (Å²) in [6.45, 7) is 2.08. The monoisotopic (exact) mass is 516 g/mol. The van der Waals surface area contributed by atoms with E-state index in [1.807, 2.05) is 12.1 Å². The maximum atomic E-state index is 13.6. The molecule has 184 valence electrons. The molecule has 1 aliphatic heterocycles. The largest absolute Gasteiger partial charge is 0.492 e. The molecule has 1 amide bonds. The second-order valence-electron chi connectivity index (χ2n) is 7.67. The molecule has 4 rings (SSSR count). The van der Waals surface area contributed by atoms with Gasteiger partial charge in [0.25, 0.3) is 10.0 Å². The van der Waals surface area contributed by atoms with E-state index >= 15 is 0 Å². The van der Waals surface area contributed by atoms with Crippen molar-refractivity contribution in [3.8, 4) is 17.2 Å². The lowest BCUT2D eigenvalue weighted by Crippen LogP contribution is -2.45. The number of hydrogen-bond donors (Lipinski definition) is 1. The lowest BCUT2D eigenvalue weighted by molar-refractivity contribution is -0.120. The van der Waals surface area contributed by atoms with Gasteiger partial charge in [-0.1, -0.05) is 35.9 Å². The summed E-state index contributed by atoms with van der Waals surface area (Å²) in [5.41, 5.74) is 0.255. The van der Waals surface area contributed by atoms with Gasteiger partial charge in [-0.2, -0.15) is 0 Å². The van der Waals surface area contributed by atoms with E-state index in [1.54, 1.807) is 43.3 Å². The Hall–Kier alpha value is -3.43. The fourth-order valence-electron chi connectivity index (χ4n) is 3.55. The van der Waals surface area contributed by atoms with Crippen molar-refractivity contribution >= 4 is 33.2 Å². The number of carbonyl (C=O) groups is 1. The van der Waals surface area contributed by atoms with Crippen LogP contribution in [0.3, 0.4) is 0 Å². The first-order valence-corrected chi connectivity index (χ1v) is 12.9. The van der Waals surface area contributed by atoms with Crippen molar-refractivity contribution in [1.82, 2.24) is 5.32 Å². The Morgan fingerprint density at radius 2 is 1.74 bits per heavy atom. The molecule has 0 aliphatic carbocycles. The fraction of sp³-hybridized carbons (Fsp3) is 0.240. The Morgan fingerprint density at radius 1 is 1.06 bits per heavy atom. The Morgan fingerprint density at radius 3 is 2.49 bits per heavy atom. The van der Waals surface area contributed by atoms with Gasteiger partial charge in [0.15, 0.2) is 11.5 Å². The second kappa shape index (κ2) is 10.9. The van der Waals surface area contributed by atoms with E-state index in [0.29, 0.717) is 28.9 Å². The molecule has 3 aromatic rings. The van der Waals surface area contributed by atoms with Crippen LogP contribution in [0.25, 0.3) is 0 Å². The molecule has 35 heavy (non-hydrogen) atoms. The van der Waals surface area contributed by atoms with E-state index in [2.05, 4.69) is 5.32 Å². The molecule has 0 saturated carbocycles. The normalized spacial score (nSPS) is 14.7. The molecule has 0 unspecified atom stereocenters. The van der Waals surface area contributed by atoms with Gasteiger partial charge in [-0.25, -0.2) is 8.42 Å². The summed E-state index contributed by atoms with van der Waals surface area (Å²) in [5.74, 6) is 1.08. The van der Waals surface area contributed by atoms with Crippen LogP contribution < -0.4 is 23.8 Å². The molecule has 1 heterocycles. The number of nitrogens with zero attached hydrogens (tertiary/aromatic N) is 1. The molecule has 0 radical (unpaired) electrons. The third-order valence-corrected chi connectivity index (χ3v) is 7.24. The number of nitrogens with one attached hydrogen (secondary N) is 1. The molecular weight excluding hydrogens is 492 g/mol. The average molecular weight is 517 g/mol. The summed E-state index contributed by atoms with van der Waals surface area (Å²) in [7, 11) is -4.11. The van der Waals surface area contributed by atoms with Gasteiger partial charge >= 0.3 is 0 Å². The molecule has 8 nitrogen and oxygen atoms in total. The van der Waals surface area contributed by atoms with Gasteiger partial charge in [0.2, 0.25) is 5.91 Å². The zero-order valence-corrected chi connectivity index (χ0v) is 20.6. The third-order valence-electron chi connectivity index (χ3n) is 5.22. The number of hydrogen-bond acceptors (Lipinski definition) is 6. The van der Waals surface area contributed by atoms with Crippen molar-refractivity contribution in [3.63, 3.8) is 0 Å². The first kappa shape index (κ1) is 24.7. The topological polar surface area (TPSA) is 94.2 Å². The number of rotatable bonds is 9. The fourth-order valence-corrected chi connectivity index (χ4v) is 5.11. The van der Waals surface area contributed by atoms with Crippen molar-refractivity contribution in [2.75, 3.05) is 30.6 Å². The third kappa shape index (κ3) is 5.80. The summed E-state index contributed by atoms with van der Waals surface area (Å²) in [6, 6.07) is 19.7. The maximum Gasteiger partial charge on any atom is 0.264 e. The minimum Gasteiger partial charge on any atom is -0.492 e. The molecule has 1 aliphatic rings. The molecule has 10 heteroatoms. The minimum atomic E-state index is -4.11. The van der Waals surface area contributed by atoms with Crippen molar-refractivity contribution in [2.45, 2.75) is 17.9 Å². The Kier molecular flexibility index (Phi) is 7.67. The molecule has 0 fully saturated rings. The zero-order chi connectivity index (χ0) is 24.8. The number of sulfonamides is 1. The van der Waals surface area contributed by atoms with Crippen LogP contribution in [0.5, 0.6) is 17.2 Å². The van der Waals surface area contributed by atoms with E-state index in [9.17, 15) is 13.2 Å². The Bertz CT molecular complexity index is 1280. The van der Waals surface area contributed by atoms with Crippen LogP contribution in [0.4, 0.5) is 5.69 Å². The number of anilines is 1. The summed E-state index contributed by atoms with van der Waals surface area (Å²) in [5, 5.41) is 3.16. The Balaban J connectivity index is 1.54. The smallest absolute Gasteiger partial charge is 0.264 e. The van der Waals surface area contributed by atoms with Crippen LogP contribution in [0, 0.1) is 0 Å². The lowest BCUT2D eigenvalue weighted by Gasteiger charge is -2.28. The zero-order valence-electron chi connectivity index (χ0n) is 19.0. The molecule has 0 bridgehead atoms. The molecular formula is C25H25ClN2O6S. The highest BCUT2D eigenvalue weighted by Crippen LogP contribution is 2.33. The first-order chi connectivity index (χ1) is 16.9. The van der Waals surface area contributed by atoms with Gasteiger partial charge in [0, 0.05) is 5.02 Å². The van der Waals surface area contributed by atoms with Gasteiger partial charge < -0.3 is 19.5 Å². The van der Waals surface area contributed by atoms with Gasteiger partial charge in [-0.3, -0.25) is 9.10 Å². The van der Waals surface area contributed by atoms with E-state index in [4.69, 9.17) is 25.8 Å². The van der Waals surface area contributed by atoms with Crippen LogP contribution in [0.15, 0.2) is 77.7 Å². The van der Waals surface area contributed by atoms with Crippen molar-refractivity contribution in [2.24, 2.45) is 0 Å². The molecule has 3 aromatic carbocycles. The lowest BCUT2D eigenvalue weighted by atomic mass is 10.2. The van der Waals surface area contributed by atoms with E-state index in [0.717, 1.165) is 4.31 Å². The second-order valence-corrected chi connectivity index (χ2v) is 9.97. The van der Waals surface area contributed by atoms with Crippen molar-refractivity contribution in [1.29, 1.82) is 0 Å². The number of ether oxygens (including phenoxy) is 3. The highest BCUT2D eigenvalue weighted by Gasteiger charge is 2.30. The number of halogens is 1. The molecule has 0 aromatic heterocycles. The number of benzene rings is 3. The predicted octanol–water partition coefficient (Wildman–Crippen LogP) is 3.89. The summed E-state index contributed by atoms with van der Waals surface area (Å²) < 4.78 is 45.4. The molecule has 0 saturated heterocycles. The number of amides is 1. The molecule has 1 atom stereocenters. The van der Waals surface area contributed by atoms with Gasteiger partial charge in [-0.05, 0) is 55.5 Å². The average Bonchev–Trinajstić information content (AvgIpc) is 2.87. The van der Waals surface area contributed by atoms with Crippen LogP contribution in [0.2, 0.25) is 5.02 Å². The van der Waals surface area contributed by atoms with Crippen molar-refractivity contribution < 1.29 is 27.4 Å². The summed E-state index contributed by atoms with van der Waals surface area (Å²) in [6.07, 6.45) is -0.411. The highest BCUT2D eigenvalue weighted by molar-refractivity contribution is 7.92. The van der Waals surface area contributed by atoms with Gasteiger partial charge in [0.05, 0.1) is 23.7 Å². The van der Waals surface area contributed by atoms with E-state index < -0.39 is 28.6 Å². The quantitative estimate of drug-likeness (QED) is 0.464. The Labute approximate surface area is 209 Å². The SMILES string of the molecule is CCOc1ccccc1N(CC(=O)NC[C@@H]1COc2ccccc2O1)S(=O)(=O)c1ccc(Cl)cc1. The van der Waals surface area contributed by atoms with Gasteiger partial charge in [0.1, 0.15) is 25.0 Å². The maximum absolute atomic E-state index is 13.6. The van der Waals surface area contributed by atoms with Crippen LogP contribution in [-0.4, -0.2) is 46.7 Å².